The zero-order valence-corrected chi connectivity index (χ0v) is 21.5. The summed E-state index contributed by atoms with van der Waals surface area (Å²) < 4.78 is 52.9. The van der Waals surface area contributed by atoms with E-state index in [2.05, 4.69) is 15.1 Å². The van der Waals surface area contributed by atoms with Crippen LogP contribution in [-0.2, 0) is 22.3 Å². The zero-order chi connectivity index (χ0) is 27.2. The number of aryl methyl sites for hydroxylation is 1. The van der Waals surface area contributed by atoms with Crippen molar-refractivity contribution in [3.05, 3.63) is 35.2 Å². The number of aliphatic hydroxyl groups is 1. The first-order chi connectivity index (χ1) is 18.1. The lowest BCUT2D eigenvalue weighted by Gasteiger charge is -2.17. The summed E-state index contributed by atoms with van der Waals surface area (Å²) in [6.45, 7) is 6.09. The number of aromatic nitrogens is 4. The van der Waals surface area contributed by atoms with Gasteiger partial charge in [-0.05, 0) is 51.3 Å². The van der Waals surface area contributed by atoms with Gasteiger partial charge in [-0.1, -0.05) is 0 Å². The van der Waals surface area contributed by atoms with Gasteiger partial charge in [-0.3, -0.25) is 9.48 Å². The van der Waals surface area contributed by atoms with Crippen LogP contribution in [0.5, 0.6) is 5.75 Å². The Bertz CT molecular complexity index is 1350. The highest BCUT2D eigenvalue weighted by atomic mass is 19.4. The average Bonchev–Trinajstić information content (AvgIpc) is 3.52. The molecule has 9 nitrogen and oxygen atoms in total. The number of fused-ring (bicyclic) bond motifs is 1. The molecule has 0 unspecified atom stereocenters. The number of rotatable bonds is 9. The Hall–Kier alpha value is -3.25. The fourth-order valence-electron chi connectivity index (χ4n) is 5.06. The van der Waals surface area contributed by atoms with Crippen LogP contribution in [0.3, 0.4) is 0 Å². The Morgan fingerprint density at radius 2 is 2.03 bits per heavy atom. The predicted molar refractivity (Wildman–Crippen MR) is 131 cm³/mol. The molecule has 1 aliphatic carbocycles. The number of ether oxygens (including phenoxy) is 2. The van der Waals surface area contributed by atoms with Gasteiger partial charge in [0.25, 0.3) is 0 Å². The van der Waals surface area contributed by atoms with E-state index in [1.165, 1.54) is 6.20 Å². The first-order valence-corrected chi connectivity index (χ1v) is 12.7. The van der Waals surface area contributed by atoms with Gasteiger partial charge >= 0.3 is 6.18 Å². The van der Waals surface area contributed by atoms with Crippen molar-refractivity contribution in [3.8, 4) is 17.0 Å². The van der Waals surface area contributed by atoms with E-state index in [1.807, 2.05) is 4.90 Å². The number of nitrogens with zero attached hydrogens (tertiary/aromatic N) is 5. The van der Waals surface area contributed by atoms with Crippen LogP contribution in [0, 0.1) is 12.8 Å². The van der Waals surface area contributed by atoms with Crippen LogP contribution in [0.4, 0.5) is 13.2 Å². The smallest absolute Gasteiger partial charge is 0.416 e. The Balaban J connectivity index is 1.51. The lowest BCUT2D eigenvalue weighted by atomic mass is 10.0. The number of hydrogen-bond acceptors (Lipinski definition) is 7. The van der Waals surface area contributed by atoms with E-state index in [9.17, 15) is 23.1 Å². The Morgan fingerprint density at radius 1 is 1.26 bits per heavy atom. The Kier molecular flexibility index (Phi) is 7.03. The summed E-state index contributed by atoms with van der Waals surface area (Å²) in [6, 6.07) is 2.31. The summed E-state index contributed by atoms with van der Waals surface area (Å²) in [7, 11) is 0. The molecular formula is C26H30F3N5O4. The lowest BCUT2D eigenvalue weighted by molar-refractivity contribution is -0.137. The first kappa shape index (κ1) is 26.4. The SMILES string of the molecule is CCOCOc1cc(C(F)(F)F)cc(C)c1-c1cnc2c([C@H](C)O)n(C[C@H]3CC(=O)N(C4CC4)C3)nc2n1. The molecule has 1 saturated heterocycles. The Labute approximate surface area is 217 Å². The number of carbonyl (C=O) groups is 1. The normalized spacial score (nSPS) is 19.0. The fourth-order valence-corrected chi connectivity index (χ4v) is 5.06. The molecule has 38 heavy (non-hydrogen) atoms. The van der Waals surface area contributed by atoms with E-state index < -0.39 is 17.8 Å². The number of aliphatic hydroxyl groups excluding tert-OH is 1. The maximum absolute atomic E-state index is 13.5. The first-order valence-electron chi connectivity index (χ1n) is 12.7. The third-order valence-electron chi connectivity index (χ3n) is 6.93. The average molecular weight is 534 g/mol. The largest absolute Gasteiger partial charge is 0.467 e. The maximum atomic E-state index is 13.5. The maximum Gasteiger partial charge on any atom is 0.416 e. The summed E-state index contributed by atoms with van der Waals surface area (Å²) >= 11 is 0. The van der Waals surface area contributed by atoms with E-state index in [-0.39, 0.29) is 35.7 Å². The minimum Gasteiger partial charge on any atom is -0.467 e. The molecule has 204 valence electrons. The second-order valence-electron chi connectivity index (χ2n) is 9.94. The molecule has 5 rings (SSSR count). The van der Waals surface area contributed by atoms with Gasteiger partial charge in [0, 0.05) is 43.6 Å². The summed E-state index contributed by atoms with van der Waals surface area (Å²) in [6.07, 6.45) is -1.50. The number of amides is 1. The monoisotopic (exact) mass is 533 g/mol. The van der Waals surface area contributed by atoms with Crippen LogP contribution >= 0.6 is 0 Å². The molecule has 1 aromatic carbocycles. The fraction of sp³-hybridized carbons (Fsp3) is 0.538. The minimum atomic E-state index is -4.55. The number of alkyl halides is 3. The van der Waals surface area contributed by atoms with Crippen molar-refractivity contribution >= 4 is 17.1 Å². The molecule has 1 aliphatic heterocycles. The van der Waals surface area contributed by atoms with Crippen LogP contribution in [0.2, 0.25) is 0 Å². The van der Waals surface area contributed by atoms with Crippen LogP contribution in [0.25, 0.3) is 22.4 Å². The predicted octanol–water partition coefficient (Wildman–Crippen LogP) is 4.26. The van der Waals surface area contributed by atoms with Crippen molar-refractivity contribution in [3.63, 3.8) is 0 Å². The number of carbonyl (C=O) groups excluding carboxylic acids is 1. The van der Waals surface area contributed by atoms with Gasteiger partial charge < -0.3 is 19.5 Å². The number of benzene rings is 1. The molecule has 1 amide bonds. The lowest BCUT2D eigenvalue weighted by Crippen LogP contribution is -2.28. The Morgan fingerprint density at radius 3 is 2.68 bits per heavy atom. The van der Waals surface area contributed by atoms with Gasteiger partial charge in [0.05, 0.1) is 29.3 Å². The zero-order valence-electron chi connectivity index (χ0n) is 21.5. The minimum absolute atomic E-state index is 0.0285. The molecule has 3 aromatic rings. The van der Waals surface area contributed by atoms with Crippen LogP contribution in [0.15, 0.2) is 18.3 Å². The summed E-state index contributed by atoms with van der Waals surface area (Å²) in [4.78, 5) is 23.5. The number of halogens is 3. The van der Waals surface area contributed by atoms with Gasteiger partial charge in [0.2, 0.25) is 11.6 Å². The molecule has 2 fully saturated rings. The van der Waals surface area contributed by atoms with E-state index in [1.54, 1.807) is 25.5 Å². The quantitative estimate of drug-likeness (QED) is 0.324. The van der Waals surface area contributed by atoms with Crippen molar-refractivity contribution in [2.45, 2.75) is 64.9 Å². The highest BCUT2D eigenvalue weighted by Crippen LogP contribution is 2.40. The highest BCUT2D eigenvalue weighted by Gasteiger charge is 2.40. The highest BCUT2D eigenvalue weighted by molar-refractivity contribution is 5.80. The number of likely N-dealkylation sites (tertiary alicyclic amines) is 1. The van der Waals surface area contributed by atoms with Gasteiger partial charge in [-0.2, -0.15) is 18.3 Å². The molecule has 3 heterocycles. The molecule has 2 aliphatic rings. The van der Waals surface area contributed by atoms with Crippen LogP contribution < -0.4 is 4.74 Å². The van der Waals surface area contributed by atoms with Crippen molar-refractivity contribution in [2.24, 2.45) is 5.92 Å². The van der Waals surface area contributed by atoms with E-state index in [0.29, 0.717) is 54.5 Å². The molecule has 0 spiro atoms. The molecular weight excluding hydrogens is 503 g/mol. The van der Waals surface area contributed by atoms with Crippen LogP contribution in [0.1, 0.15) is 56.0 Å². The van der Waals surface area contributed by atoms with Crippen molar-refractivity contribution in [2.75, 3.05) is 19.9 Å². The molecule has 1 saturated carbocycles. The molecule has 12 heteroatoms. The van der Waals surface area contributed by atoms with Gasteiger partial charge in [-0.25, -0.2) is 9.97 Å². The second-order valence-corrected chi connectivity index (χ2v) is 9.94. The van der Waals surface area contributed by atoms with Crippen molar-refractivity contribution < 1.29 is 32.5 Å². The van der Waals surface area contributed by atoms with Crippen molar-refractivity contribution in [1.29, 1.82) is 0 Å². The molecule has 0 radical (unpaired) electrons. The molecule has 2 aromatic heterocycles. The van der Waals surface area contributed by atoms with E-state index >= 15 is 0 Å². The van der Waals surface area contributed by atoms with Crippen LogP contribution in [-0.4, -0.2) is 61.6 Å². The molecule has 0 bridgehead atoms. The third-order valence-corrected chi connectivity index (χ3v) is 6.93. The second kappa shape index (κ2) is 10.1. The van der Waals surface area contributed by atoms with Gasteiger partial charge in [0.1, 0.15) is 11.3 Å². The topological polar surface area (TPSA) is 103 Å². The van der Waals surface area contributed by atoms with Crippen molar-refractivity contribution in [1.82, 2.24) is 24.6 Å². The summed E-state index contributed by atoms with van der Waals surface area (Å²) in [5.41, 5.74) is 1.22. The molecule has 1 N–H and O–H groups in total. The number of hydrogen-bond donors (Lipinski definition) is 1. The van der Waals surface area contributed by atoms with E-state index in [0.717, 1.165) is 25.0 Å². The standard InChI is InChI=1S/C26H30F3N5O4/c1-4-37-13-38-20-9-17(26(27,28)29)7-14(2)22(20)19-10-30-23-24(15(3)35)34(32-25(23)31-19)12-16-8-21(36)33(11-16)18-5-6-18/h7,9-10,15-16,18,35H,4-6,8,11-13H2,1-3H3/t15-,16-/m0/s1. The summed E-state index contributed by atoms with van der Waals surface area (Å²) in [5, 5.41) is 15.1. The van der Waals surface area contributed by atoms with Gasteiger partial charge in [-0.15, -0.1) is 0 Å². The molecule has 2 atom stereocenters. The van der Waals surface area contributed by atoms with Gasteiger partial charge in [0.15, 0.2) is 6.79 Å². The third kappa shape index (κ3) is 5.19. The summed E-state index contributed by atoms with van der Waals surface area (Å²) in [5.74, 6) is 0.160. The van der Waals surface area contributed by atoms with E-state index in [4.69, 9.17) is 9.47 Å².